The van der Waals surface area contributed by atoms with Gasteiger partial charge in [0.1, 0.15) is 0 Å². The standard InChI is InChI=1S/C21H23ClN2O2/c1-14-9-15(2)11-19(10-14)23-20(25)17-6-4-8-24(13-17)21(26)16-5-3-7-18(22)12-16/h3,5,7,9-12,17H,4,6,8,13H2,1-2H3,(H,23,25). The molecular formula is C21H23ClN2O2. The first-order chi connectivity index (χ1) is 12.4. The molecule has 0 aliphatic carbocycles. The van der Waals surface area contributed by atoms with E-state index in [1.807, 2.05) is 26.0 Å². The number of hydrogen-bond donors (Lipinski definition) is 1. The first-order valence-corrected chi connectivity index (χ1v) is 9.24. The van der Waals surface area contributed by atoms with Crippen molar-refractivity contribution in [1.82, 2.24) is 4.90 Å². The van der Waals surface area contributed by atoms with Crippen LogP contribution in [0.1, 0.15) is 34.3 Å². The molecule has 1 aliphatic heterocycles. The van der Waals surface area contributed by atoms with E-state index in [0.29, 0.717) is 23.7 Å². The molecule has 4 nitrogen and oxygen atoms in total. The van der Waals surface area contributed by atoms with Crippen molar-refractivity contribution < 1.29 is 9.59 Å². The van der Waals surface area contributed by atoms with Crippen LogP contribution in [0.25, 0.3) is 0 Å². The summed E-state index contributed by atoms with van der Waals surface area (Å²) in [5.74, 6) is -0.303. The number of anilines is 1. The largest absolute Gasteiger partial charge is 0.338 e. The van der Waals surface area contributed by atoms with Crippen molar-refractivity contribution in [3.05, 3.63) is 64.2 Å². The molecule has 2 aromatic rings. The first kappa shape index (κ1) is 18.5. The molecule has 0 bridgehead atoms. The quantitative estimate of drug-likeness (QED) is 0.867. The van der Waals surface area contributed by atoms with Crippen molar-refractivity contribution in [1.29, 1.82) is 0 Å². The molecule has 1 unspecified atom stereocenters. The second-order valence-electron chi connectivity index (χ2n) is 6.97. The normalized spacial score (nSPS) is 17.0. The molecule has 1 fully saturated rings. The van der Waals surface area contributed by atoms with Crippen molar-refractivity contribution in [3.63, 3.8) is 0 Å². The Morgan fingerprint density at radius 3 is 2.54 bits per heavy atom. The Labute approximate surface area is 159 Å². The number of rotatable bonds is 3. The summed E-state index contributed by atoms with van der Waals surface area (Å²) >= 11 is 5.99. The Morgan fingerprint density at radius 2 is 1.85 bits per heavy atom. The lowest BCUT2D eigenvalue weighted by Gasteiger charge is -2.32. The molecule has 1 heterocycles. The van der Waals surface area contributed by atoms with Gasteiger partial charge in [0, 0.05) is 29.4 Å². The SMILES string of the molecule is Cc1cc(C)cc(NC(=O)C2CCCN(C(=O)c3cccc(Cl)c3)C2)c1. The molecule has 1 N–H and O–H groups in total. The lowest BCUT2D eigenvalue weighted by molar-refractivity contribution is -0.121. The van der Waals surface area contributed by atoms with Crippen LogP contribution in [-0.2, 0) is 4.79 Å². The predicted molar refractivity (Wildman–Crippen MR) is 105 cm³/mol. The summed E-state index contributed by atoms with van der Waals surface area (Å²) in [5.41, 5.74) is 3.60. The van der Waals surface area contributed by atoms with Gasteiger partial charge < -0.3 is 10.2 Å². The number of carbonyl (C=O) groups is 2. The second kappa shape index (κ2) is 7.92. The van der Waals surface area contributed by atoms with Gasteiger partial charge >= 0.3 is 0 Å². The number of aryl methyl sites for hydroxylation is 2. The minimum Gasteiger partial charge on any atom is -0.338 e. The average molecular weight is 371 g/mol. The molecule has 26 heavy (non-hydrogen) atoms. The Bertz CT molecular complexity index is 814. The summed E-state index contributed by atoms with van der Waals surface area (Å²) in [4.78, 5) is 27.1. The van der Waals surface area contributed by atoms with Crippen LogP contribution in [0, 0.1) is 19.8 Å². The number of nitrogens with zero attached hydrogens (tertiary/aromatic N) is 1. The van der Waals surface area contributed by atoms with Gasteiger partial charge in [0.2, 0.25) is 5.91 Å². The van der Waals surface area contributed by atoms with E-state index in [2.05, 4.69) is 11.4 Å². The Kier molecular flexibility index (Phi) is 5.62. The van der Waals surface area contributed by atoms with Crippen molar-refractivity contribution in [2.45, 2.75) is 26.7 Å². The van der Waals surface area contributed by atoms with E-state index in [1.165, 1.54) is 0 Å². The Hall–Kier alpha value is -2.33. The fourth-order valence-electron chi connectivity index (χ4n) is 3.47. The van der Waals surface area contributed by atoms with Gasteiger partial charge in [-0.2, -0.15) is 0 Å². The highest BCUT2D eigenvalue weighted by Crippen LogP contribution is 2.22. The zero-order valence-corrected chi connectivity index (χ0v) is 15.8. The molecule has 0 saturated carbocycles. The van der Waals surface area contributed by atoms with Crippen molar-refractivity contribution in [3.8, 4) is 0 Å². The number of piperidine rings is 1. The molecule has 136 valence electrons. The zero-order chi connectivity index (χ0) is 18.7. The highest BCUT2D eigenvalue weighted by atomic mass is 35.5. The summed E-state index contributed by atoms with van der Waals surface area (Å²) in [5, 5.41) is 3.54. The average Bonchev–Trinajstić information content (AvgIpc) is 2.60. The van der Waals surface area contributed by atoms with Crippen LogP contribution in [0.4, 0.5) is 5.69 Å². The van der Waals surface area contributed by atoms with Gasteiger partial charge in [-0.05, 0) is 68.1 Å². The van der Waals surface area contributed by atoms with Gasteiger partial charge in [-0.3, -0.25) is 9.59 Å². The summed E-state index contributed by atoms with van der Waals surface area (Å²) in [6.45, 7) is 5.12. The zero-order valence-electron chi connectivity index (χ0n) is 15.1. The molecule has 1 saturated heterocycles. The van der Waals surface area contributed by atoms with Gasteiger partial charge in [-0.15, -0.1) is 0 Å². The topological polar surface area (TPSA) is 49.4 Å². The third kappa shape index (κ3) is 4.44. The molecule has 5 heteroatoms. The second-order valence-corrected chi connectivity index (χ2v) is 7.40. The van der Waals surface area contributed by atoms with Crippen molar-refractivity contribution in [2.24, 2.45) is 5.92 Å². The number of likely N-dealkylation sites (tertiary alicyclic amines) is 1. The third-order valence-electron chi connectivity index (χ3n) is 4.64. The highest BCUT2D eigenvalue weighted by Gasteiger charge is 2.29. The number of carbonyl (C=O) groups excluding carboxylic acids is 2. The monoisotopic (exact) mass is 370 g/mol. The summed E-state index contributed by atoms with van der Waals surface area (Å²) in [6.07, 6.45) is 1.60. The van der Waals surface area contributed by atoms with E-state index < -0.39 is 0 Å². The molecule has 2 aromatic carbocycles. The lowest BCUT2D eigenvalue weighted by atomic mass is 9.96. The van der Waals surface area contributed by atoms with E-state index >= 15 is 0 Å². The van der Waals surface area contributed by atoms with Gasteiger partial charge in [0.15, 0.2) is 0 Å². The van der Waals surface area contributed by atoms with E-state index in [1.54, 1.807) is 29.2 Å². The first-order valence-electron chi connectivity index (χ1n) is 8.86. The summed E-state index contributed by atoms with van der Waals surface area (Å²) < 4.78 is 0. The van der Waals surface area contributed by atoms with Crippen molar-refractivity contribution >= 4 is 29.1 Å². The van der Waals surface area contributed by atoms with Gasteiger partial charge in [0.25, 0.3) is 5.91 Å². The maximum Gasteiger partial charge on any atom is 0.253 e. The predicted octanol–water partition coefficient (Wildman–Crippen LogP) is 4.45. The Balaban J connectivity index is 1.67. The van der Waals surface area contributed by atoms with E-state index in [9.17, 15) is 9.59 Å². The van der Waals surface area contributed by atoms with Crippen LogP contribution in [0.15, 0.2) is 42.5 Å². The third-order valence-corrected chi connectivity index (χ3v) is 4.88. The van der Waals surface area contributed by atoms with Gasteiger partial charge in [-0.25, -0.2) is 0 Å². The van der Waals surface area contributed by atoms with Gasteiger partial charge in [-0.1, -0.05) is 23.7 Å². The Morgan fingerprint density at radius 1 is 1.12 bits per heavy atom. The van der Waals surface area contributed by atoms with E-state index in [0.717, 1.165) is 29.7 Å². The molecule has 1 atom stereocenters. The van der Waals surface area contributed by atoms with Crippen LogP contribution in [0.3, 0.4) is 0 Å². The summed E-state index contributed by atoms with van der Waals surface area (Å²) in [7, 11) is 0. The molecule has 0 radical (unpaired) electrons. The maximum atomic E-state index is 12.7. The molecular weight excluding hydrogens is 348 g/mol. The number of amides is 2. The summed E-state index contributed by atoms with van der Waals surface area (Å²) in [6, 6.07) is 12.9. The fraction of sp³-hybridized carbons (Fsp3) is 0.333. The van der Waals surface area contributed by atoms with Crippen LogP contribution < -0.4 is 5.32 Å². The van der Waals surface area contributed by atoms with Gasteiger partial charge in [0.05, 0.1) is 5.92 Å². The number of hydrogen-bond acceptors (Lipinski definition) is 2. The van der Waals surface area contributed by atoms with Crippen LogP contribution >= 0.6 is 11.6 Å². The molecule has 1 aliphatic rings. The maximum absolute atomic E-state index is 12.7. The molecule has 0 spiro atoms. The smallest absolute Gasteiger partial charge is 0.253 e. The van der Waals surface area contributed by atoms with Crippen LogP contribution in [0.5, 0.6) is 0 Å². The number of nitrogens with one attached hydrogen (secondary N) is 1. The lowest BCUT2D eigenvalue weighted by Crippen LogP contribution is -2.43. The fourth-order valence-corrected chi connectivity index (χ4v) is 3.66. The van der Waals surface area contributed by atoms with Crippen LogP contribution in [0.2, 0.25) is 5.02 Å². The van der Waals surface area contributed by atoms with E-state index in [4.69, 9.17) is 11.6 Å². The minimum absolute atomic E-state index is 0.0291. The molecule has 2 amide bonds. The number of halogens is 1. The minimum atomic E-state index is -0.201. The van der Waals surface area contributed by atoms with Crippen molar-refractivity contribution in [2.75, 3.05) is 18.4 Å². The molecule has 3 rings (SSSR count). The number of benzene rings is 2. The molecule has 0 aromatic heterocycles. The van der Waals surface area contributed by atoms with E-state index in [-0.39, 0.29) is 17.7 Å². The highest BCUT2D eigenvalue weighted by molar-refractivity contribution is 6.30. The van der Waals surface area contributed by atoms with Crippen LogP contribution in [-0.4, -0.2) is 29.8 Å².